The number of hydroxylamine groups is 1. The van der Waals surface area contributed by atoms with Crippen molar-refractivity contribution in [1.82, 2.24) is 14.4 Å². The van der Waals surface area contributed by atoms with E-state index >= 15 is 0 Å². The summed E-state index contributed by atoms with van der Waals surface area (Å²) in [5.41, 5.74) is 0.933. The van der Waals surface area contributed by atoms with Crippen LogP contribution in [-0.4, -0.2) is 65.7 Å². The Hall–Kier alpha value is -2.38. The molecular weight excluding hydrogens is 483 g/mol. The van der Waals surface area contributed by atoms with Gasteiger partial charge in [-0.1, -0.05) is 22.1 Å². The van der Waals surface area contributed by atoms with Crippen molar-refractivity contribution in [3.63, 3.8) is 0 Å². The predicted octanol–water partition coefficient (Wildman–Crippen LogP) is 2.59. The van der Waals surface area contributed by atoms with Crippen LogP contribution in [0, 0.1) is 5.82 Å². The van der Waals surface area contributed by atoms with Crippen LogP contribution in [0.2, 0.25) is 5.02 Å². The predicted molar refractivity (Wildman–Crippen MR) is 115 cm³/mol. The van der Waals surface area contributed by atoms with Gasteiger partial charge in [0.05, 0.1) is 25.0 Å². The molecule has 1 aromatic carbocycles. The van der Waals surface area contributed by atoms with Gasteiger partial charge in [0.25, 0.3) is 0 Å². The molecule has 1 saturated heterocycles. The minimum atomic E-state index is -3.91. The maximum absolute atomic E-state index is 13.7. The Kier molecular flexibility index (Phi) is 6.07. The zero-order valence-electron chi connectivity index (χ0n) is 16.9. The molecule has 170 valence electrons. The number of esters is 1. The third-order valence-corrected chi connectivity index (χ3v) is 7.25. The number of carbonyl (C=O) groups excluding carboxylic acids is 1. The molecule has 32 heavy (non-hydrogen) atoms. The molecular formula is C19H18ClFN4O5S2. The maximum Gasteiger partial charge on any atom is 0.338 e. The Balaban J connectivity index is 1.91. The van der Waals surface area contributed by atoms with Gasteiger partial charge in [-0.25, -0.2) is 22.6 Å². The van der Waals surface area contributed by atoms with Gasteiger partial charge in [-0.2, -0.15) is 0 Å². The van der Waals surface area contributed by atoms with Gasteiger partial charge in [-0.3, -0.25) is 10.2 Å². The SMILES string of the molecule is COC(=O)C1=C2C[C@H](N(O)S(C)(=O)=O)CN2C(c2nccs2)=N[C@H]1c1ccc(F)cc1Cl. The number of methoxy groups -OCH3 is 1. The number of amidine groups is 1. The normalized spacial score (nSPS) is 21.1. The van der Waals surface area contributed by atoms with Crippen molar-refractivity contribution in [2.45, 2.75) is 18.5 Å². The van der Waals surface area contributed by atoms with Crippen LogP contribution in [0.15, 0.2) is 46.0 Å². The van der Waals surface area contributed by atoms with Gasteiger partial charge in [-0.05, 0) is 12.1 Å². The molecule has 4 rings (SSSR count). The van der Waals surface area contributed by atoms with E-state index in [9.17, 15) is 22.8 Å². The van der Waals surface area contributed by atoms with E-state index in [1.54, 1.807) is 16.5 Å². The smallest absolute Gasteiger partial charge is 0.338 e. The molecule has 1 N–H and O–H groups in total. The highest BCUT2D eigenvalue weighted by atomic mass is 35.5. The standard InChI is InChI=1S/C19H18ClFN4O5S2/c1-30-19(26)15-14-8-11(25(27)32(2,28)29)9-24(14)17(18-22-5-6-31-18)23-16(15)12-4-3-10(21)7-13(12)20/h3-7,11,16,27H,8-9H2,1-2H3/t11-,16-/m0/s1. The summed E-state index contributed by atoms with van der Waals surface area (Å²) >= 11 is 7.60. The fourth-order valence-corrected chi connectivity index (χ4v) is 5.41. The lowest BCUT2D eigenvalue weighted by molar-refractivity contribution is -0.136. The second kappa shape index (κ2) is 8.52. The van der Waals surface area contributed by atoms with Crippen LogP contribution in [0.3, 0.4) is 0 Å². The minimum absolute atomic E-state index is 0.0215. The lowest BCUT2D eigenvalue weighted by Gasteiger charge is -2.31. The van der Waals surface area contributed by atoms with Gasteiger partial charge < -0.3 is 9.64 Å². The number of aliphatic imine (C=N–C) groups is 1. The average Bonchev–Trinajstić information content (AvgIpc) is 3.41. The highest BCUT2D eigenvalue weighted by Gasteiger charge is 2.45. The van der Waals surface area contributed by atoms with E-state index in [1.807, 2.05) is 0 Å². The molecule has 1 aromatic heterocycles. The van der Waals surface area contributed by atoms with Crippen molar-refractivity contribution in [2.24, 2.45) is 4.99 Å². The van der Waals surface area contributed by atoms with Crippen molar-refractivity contribution in [2.75, 3.05) is 19.9 Å². The third-order valence-electron chi connectivity index (χ3n) is 5.18. The number of benzene rings is 1. The van der Waals surface area contributed by atoms with E-state index in [4.69, 9.17) is 21.3 Å². The van der Waals surface area contributed by atoms with E-state index in [1.165, 1.54) is 30.6 Å². The summed E-state index contributed by atoms with van der Waals surface area (Å²) in [6.07, 6.45) is 2.49. The Morgan fingerprint density at radius 1 is 1.44 bits per heavy atom. The van der Waals surface area contributed by atoms with Crippen molar-refractivity contribution in [1.29, 1.82) is 0 Å². The third kappa shape index (κ3) is 4.04. The van der Waals surface area contributed by atoms with Crippen LogP contribution in [0.1, 0.15) is 23.0 Å². The molecule has 0 radical (unpaired) electrons. The summed E-state index contributed by atoms with van der Waals surface area (Å²) in [6, 6.07) is 1.96. The highest BCUT2D eigenvalue weighted by molar-refractivity contribution is 7.88. The number of rotatable bonds is 5. The zero-order valence-corrected chi connectivity index (χ0v) is 19.3. The van der Waals surface area contributed by atoms with Gasteiger partial charge in [0.15, 0.2) is 10.8 Å². The molecule has 0 saturated carbocycles. The number of hydrogen-bond acceptors (Lipinski definition) is 9. The summed E-state index contributed by atoms with van der Waals surface area (Å²) in [5.74, 6) is -0.850. The molecule has 2 aliphatic rings. The number of thiazole rings is 1. The number of nitrogens with zero attached hydrogens (tertiary/aromatic N) is 4. The summed E-state index contributed by atoms with van der Waals surface area (Å²) in [7, 11) is -2.70. The Morgan fingerprint density at radius 2 is 2.19 bits per heavy atom. The molecule has 2 atom stereocenters. The van der Waals surface area contributed by atoms with Crippen LogP contribution in [-0.2, 0) is 19.6 Å². The number of carbonyl (C=O) groups is 1. The summed E-state index contributed by atoms with van der Waals surface area (Å²) < 4.78 is 42.8. The maximum atomic E-state index is 13.7. The van der Waals surface area contributed by atoms with E-state index in [2.05, 4.69) is 4.98 Å². The molecule has 2 aliphatic heterocycles. The molecule has 0 spiro atoms. The fourth-order valence-electron chi connectivity index (χ4n) is 3.81. The lowest BCUT2D eigenvalue weighted by atomic mass is 9.94. The Bertz CT molecular complexity index is 1230. The van der Waals surface area contributed by atoms with Gasteiger partial charge in [-0.15, -0.1) is 11.3 Å². The van der Waals surface area contributed by atoms with Crippen molar-refractivity contribution < 1.29 is 27.5 Å². The van der Waals surface area contributed by atoms with Gasteiger partial charge in [0, 0.05) is 40.8 Å². The van der Waals surface area contributed by atoms with Gasteiger partial charge in [0.1, 0.15) is 11.9 Å². The minimum Gasteiger partial charge on any atom is -0.466 e. The first kappa shape index (κ1) is 22.8. The topological polar surface area (TPSA) is 112 Å². The van der Waals surface area contributed by atoms with Crippen LogP contribution >= 0.6 is 22.9 Å². The average molecular weight is 501 g/mol. The molecule has 0 aliphatic carbocycles. The molecule has 0 bridgehead atoms. The van der Waals surface area contributed by atoms with Crippen molar-refractivity contribution >= 4 is 44.8 Å². The zero-order chi connectivity index (χ0) is 23.2. The molecule has 13 heteroatoms. The monoisotopic (exact) mass is 500 g/mol. The highest BCUT2D eigenvalue weighted by Crippen LogP contribution is 2.43. The largest absolute Gasteiger partial charge is 0.466 e. The summed E-state index contributed by atoms with van der Waals surface area (Å²) in [6.45, 7) is 0.0433. The van der Waals surface area contributed by atoms with E-state index in [0.29, 0.717) is 22.1 Å². The molecule has 3 heterocycles. The van der Waals surface area contributed by atoms with Crippen LogP contribution in [0.25, 0.3) is 0 Å². The fraction of sp³-hybridized carbons (Fsp3) is 0.316. The van der Waals surface area contributed by atoms with E-state index in [-0.39, 0.29) is 28.0 Å². The first-order valence-corrected chi connectivity index (χ1v) is 12.4. The van der Waals surface area contributed by atoms with Crippen LogP contribution < -0.4 is 0 Å². The number of fused-ring (bicyclic) bond motifs is 1. The van der Waals surface area contributed by atoms with Crippen LogP contribution in [0.5, 0.6) is 0 Å². The van der Waals surface area contributed by atoms with Crippen molar-refractivity contribution in [3.8, 4) is 0 Å². The summed E-state index contributed by atoms with van der Waals surface area (Å²) in [5, 5.41) is 12.6. The summed E-state index contributed by atoms with van der Waals surface area (Å²) in [4.78, 5) is 23.5. The molecule has 2 aromatic rings. The number of hydrogen-bond donors (Lipinski definition) is 1. The van der Waals surface area contributed by atoms with Gasteiger partial charge in [0.2, 0.25) is 10.0 Å². The van der Waals surface area contributed by atoms with Crippen LogP contribution in [0.4, 0.5) is 4.39 Å². The van der Waals surface area contributed by atoms with Gasteiger partial charge >= 0.3 is 5.97 Å². The van der Waals surface area contributed by atoms with Crippen molar-refractivity contribution in [3.05, 3.63) is 62.5 Å². The number of halogens is 2. The van der Waals surface area contributed by atoms with E-state index in [0.717, 1.165) is 12.3 Å². The molecule has 1 fully saturated rings. The van der Waals surface area contributed by atoms with E-state index < -0.39 is 33.9 Å². The lowest BCUT2D eigenvalue weighted by Crippen LogP contribution is -2.40. The number of ether oxygens (including phenoxy) is 1. The number of sulfonamides is 1. The Morgan fingerprint density at radius 3 is 2.78 bits per heavy atom. The second-order valence-corrected chi connectivity index (χ2v) is 10.4. The second-order valence-electron chi connectivity index (χ2n) is 7.21. The quantitative estimate of drug-likeness (QED) is 0.496. The molecule has 9 nitrogen and oxygen atoms in total. The molecule has 0 unspecified atom stereocenters. The first-order valence-electron chi connectivity index (χ1n) is 9.31. The molecule has 0 amide bonds. The first-order chi connectivity index (χ1) is 15.1. The number of aromatic nitrogens is 1. The Labute approximate surface area is 192 Å².